The van der Waals surface area contributed by atoms with Crippen molar-refractivity contribution in [1.29, 1.82) is 0 Å². The van der Waals surface area contributed by atoms with E-state index in [9.17, 15) is 0 Å². The molecular formula is C18H24N2O2. The third-order valence-corrected chi connectivity index (χ3v) is 3.69. The van der Waals surface area contributed by atoms with E-state index < -0.39 is 0 Å². The second-order valence-electron chi connectivity index (χ2n) is 5.37. The van der Waals surface area contributed by atoms with Crippen LogP contribution in [-0.4, -0.2) is 39.8 Å². The molecule has 0 amide bonds. The third-order valence-electron chi connectivity index (χ3n) is 3.69. The number of nitrogens with one attached hydrogen (secondary N) is 1. The highest BCUT2D eigenvalue weighted by Gasteiger charge is 2.14. The molecule has 1 unspecified atom stereocenters. The van der Waals surface area contributed by atoms with Gasteiger partial charge in [0.25, 0.3) is 0 Å². The van der Waals surface area contributed by atoms with Crippen LogP contribution >= 0.6 is 0 Å². The molecule has 2 aromatic rings. The van der Waals surface area contributed by atoms with Crippen LogP contribution in [0.15, 0.2) is 48.5 Å². The molecular weight excluding hydrogens is 276 g/mol. The first-order chi connectivity index (χ1) is 10.6. The van der Waals surface area contributed by atoms with E-state index >= 15 is 0 Å². The van der Waals surface area contributed by atoms with Crippen LogP contribution in [0, 0.1) is 0 Å². The summed E-state index contributed by atoms with van der Waals surface area (Å²) in [6, 6.07) is 16.5. The number of nitrogens with zero attached hydrogens (tertiary/aromatic N) is 1. The van der Waals surface area contributed by atoms with E-state index in [1.165, 1.54) is 5.56 Å². The normalized spacial score (nSPS) is 12.0. The lowest BCUT2D eigenvalue weighted by atomic mass is 10.1. The predicted molar refractivity (Wildman–Crippen MR) is 90.9 cm³/mol. The van der Waals surface area contributed by atoms with Gasteiger partial charge in [-0.1, -0.05) is 18.2 Å². The molecule has 2 rings (SSSR count). The molecule has 0 fully saturated rings. The van der Waals surface area contributed by atoms with Crippen molar-refractivity contribution in [3.05, 3.63) is 54.1 Å². The first-order valence-corrected chi connectivity index (χ1v) is 7.32. The molecule has 118 valence electrons. The molecule has 0 heterocycles. The van der Waals surface area contributed by atoms with Crippen molar-refractivity contribution in [3.8, 4) is 11.5 Å². The summed E-state index contributed by atoms with van der Waals surface area (Å²) >= 11 is 0. The van der Waals surface area contributed by atoms with Gasteiger partial charge in [0, 0.05) is 18.3 Å². The van der Waals surface area contributed by atoms with Gasteiger partial charge in [-0.15, -0.1) is 0 Å². The first-order valence-electron chi connectivity index (χ1n) is 7.32. The highest BCUT2D eigenvalue weighted by Crippen LogP contribution is 2.23. The van der Waals surface area contributed by atoms with Crippen LogP contribution < -0.4 is 14.8 Å². The van der Waals surface area contributed by atoms with Gasteiger partial charge in [0.2, 0.25) is 0 Å². The lowest BCUT2D eigenvalue weighted by Gasteiger charge is -2.26. The van der Waals surface area contributed by atoms with E-state index in [2.05, 4.69) is 36.4 Å². The summed E-state index contributed by atoms with van der Waals surface area (Å²) < 4.78 is 10.5. The Morgan fingerprint density at radius 3 is 2.23 bits per heavy atom. The number of anilines is 1. The van der Waals surface area contributed by atoms with Crippen LogP contribution in [0.1, 0.15) is 11.6 Å². The quantitative estimate of drug-likeness (QED) is 0.849. The molecule has 1 N–H and O–H groups in total. The van der Waals surface area contributed by atoms with Crippen molar-refractivity contribution >= 4 is 5.69 Å². The summed E-state index contributed by atoms with van der Waals surface area (Å²) in [6.45, 7) is 0.812. The first kappa shape index (κ1) is 16.2. The summed E-state index contributed by atoms with van der Waals surface area (Å²) in [7, 11) is 7.53. The van der Waals surface area contributed by atoms with Crippen LogP contribution in [0.4, 0.5) is 5.69 Å². The van der Waals surface area contributed by atoms with Crippen LogP contribution in [0.3, 0.4) is 0 Å². The Morgan fingerprint density at radius 1 is 0.955 bits per heavy atom. The average molecular weight is 300 g/mol. The van der Waals surface area contributed by atoms with Gasteiger partial charge in [-0.05, 0) is 43.9 Å². The Morgan fingerprint density at radius 2 is 1.64 bits per heavy atom. The van der Waals surface area contributed by atoms with Crippen molar-refractivity contribution < 1.29 is 9.47 Å². The van der Waals surface area contributed by atoms with Gasteiger partial charge in [-0.25, -0.2) is 0 Å². The van der Waals surface area contributed by atoms with E-state index in [1.807, 2.05) is 36.4 Å². The average Bonchev–Trinajstić information content (AvgIpc) is 2.55. The molecule has 0 aliphatic heterocycles. The Balaban J connectivity index is 2.07. The zero-order valence-corrected chi connectivity index (χ0v) is 13.7. The van der Waals surface area contributed by atoms with Crippen molar-refractivity contribution in [2.75, 3.05) is 40.2 Å². The van der Waals surface area contributed by atoms with Gasteiger partial charge in [0.1, 0.15) is 11.5 Å². The third kappa shape index (κ3) is 4.15. The van der Waals surface area contributed by atoms with E-state index in [1.54, 1.807) is 14.2 Å². The number of likely N-dealkylation sites (N-methyl/N-ethyl adjacent to an activating group) is 1. The van der Waals surface area contributed by atoms with Crippen molar-refractivity contribution in [2.24, 2.45) is 0 Å². The molecule has 0 spiro atoms. The minimum absolute atomic E-state index is 0.275. The maximum atomic E-state index is 5.25. The molecule has 0 aliphatic carbocycles. The van der Waals surface area contributed by atoms with Gasteiger partial charge in [0.15, 0.2) is 0 Å². The fourth-order valence-electron chi connectivity index (χ4n) is 2.37. The van der Waals surface area contributed by atoms with Crippen LogP contribution in [0.25, 0.3) is 0 Å². The zero-order chi connectivity index (χ0) is 15.9. The highest BCUT2D eigenvalue weighted by molar-refractivity contribution is 5.48. The number of rotatable bonds is 7. The maximum Gasteiger partial charge on any atom is 0.120 e. The predicted octanol–water partition coefficient (Wildman–Crippen LogP) is 3.42. The molecule has 0 bridgehead atoms. The minimum atomic E-state index is 0.275. The summed E-state index contributed by atoms with van der Waals surface area (Å²) in [5.74, 6) is 1.73. The highest BCUT2D eigenvalue weighted by atomic mass is 16.5. The van der Waals surface area contributed by atoms with Gasteiger partial charge < -0.3 is 19.7 Å². The molecule has 0 aliphatic rings. The molecule has 0 aromatic heterocycles. The second kappa shape index (κ2) is 7.71. The zero-order valence-electron chi connectivity index (χ0n) is 13.7. The molecule has 4 nitrogen and oxygen atoms in total. The Labute approximate surface area is 132 Å². The second-order valence-corrected chi connectivity index (χ2v) is 5.37. The van der Waals surface area contributed by atoms with E-state index in [0.29, 0.717) is 0 Å². The molecule has 0 radical (unpaired) electrons. The molecule has 0 saturated heterocycles. The van der Waals surface area contributed by atoms with Gasteiger partial charge in [-0.2, -0.15) is 0 Å². The monoisotopic (exact) mass is 300 g/mol. The Kier molecular flexibility index (Phi) is 5.67. The van der Waals surface area contributed by atoms with Gasteiger partial charge in [-0.3, -0.25) is 0 Å². The fourth-order valence-corrected chi connectivity index (χ4v) is 2.37. The van der Waals surface area contributed by atoms with Crippen LogP contribution in [0.2, 0.25) is 0 Å². The summed E-state index contributed by atoms with van der Waals surface area (Å²) in [5.41, 5.74) is 2.31. The number of hydrogen-bond acceptors (Lipinski definition) is 4. The Bertz CT molecular complexity index is 582. The summed E-state index contributed by atoms with van der Waals surface area (Å²) in [5, 5.41) is 3.47. The molecule has 4 heteroatoms. The largest absolute Gasteiger partial charge is 0.497 e. The van der Waals surface area contributed by atoms with Crippen molar-refractivity contribution in [3.63, 3.8) is 0 Å². The summed E-state index contributed by atoms with van der Waals surface area (Å²) in [6.07, 6.45) is 0. The number of methoxy groups -OCH3 is 2. The maximum absolute atomic E-state index is 5.25. The topological polar surface area (TPSA) is 33.7 Å². The van der Waals surface area contributed by atoms with Crippen molar-refractivity contribution in [1.82, 2.24) is 4.90 Å². The standard InChI is InChI=1S/C18H24N2O2/c1-20(2)18(14-8-10-16(21-3)11-9-14)13-19-15-6-5-7-17(12-15)22-4/h5-12,18-19H,13H2,1-4H3. The smallest absolute Gasteiger partial charge is 0.120 e. The number of benzene rings is 2. The van der Waals surface area contributed by atoms with Gasteiger partial charge in [0.05, 0.1) is 20.3 Å². The van der Waals surface area contributed by atoms with E-state index in [0.717, 1.165) is 23.7 Å². The molecule has 1 atom stereocenters. The molecule has 0 saturated carbocycles. The Hall–Kier alpha value is -2.20. The lowest BCUT2D eigenvalue weighted by molar-refractivity contribution is 0.311. The van der Waals surface area contributed by atoms with Crippen molar-refractivity contribution in [2.45, 2.75) is 6.04 Å². The number of ether oxygens (including phenoxy) is 2. The minimum Gasteiger partial charge on any atom is -0.497 e. The van der Waals surface area contributed by atoms with Gasteiger partial charge >= 0.3 is 0 Å². The number of hydrogen-bond donors (Lipinski definition) is 1. The fraction of sp³-hybridized carbons (Fsp3) is 0.333. The summed E-state index contributed by atoms with van der Waals surface area (Å²) in [4.78, 5) is 2.20. The van der Waals surface area contributed by atoms with Crippen LogP contribution in [0.5, 0.6) is 11.5 Å². The SMILES string of the molecule is COc1ccc(C(CNc2cccc(OC)c2)N(C)C)cc1. The molecule has 22 heavy (non-hydrogen) atoms. The van der Waals surface area contributed by atoms with Crippen LogP contribution in [-0.2, 0) is 0 Å². The molecule has 2 aromatic carbocycles. The van der Waals surface area contributed by atoms with E-state index in [-0.39, 0.29) is 6.04 Å². The lowest BCUT2D eigenvalue weighted by Crippen LogP contribution is -2.26. The van der Waals surface area contributed by atoms with E-state index in [4.69, 9.17) is 9.47 Å².